The highest BCUT2D eigenvalue weighted by molar-refractivity contribution is 5.68. The van der Waals surface area contributed by atoms with Gasteiger partial charge in [-0.05, 0) is 47.1 Å². The highest BCUT2D eigenvalue weighted by atomic mass is 16.4. The van der Waals surface area contributed by atoms with Crippen molar-refractivity contribution < 1.29 is 9.90 Å². The lowest BCUT2D eigenvalue weighted by Gasteiger charge is -2.44. The summed E-state index contributed by atoms with van der Waals surface area (Å²) in [6, 6.07) is 0. The van der Waals surface area contributed by atoms with E-state index in [0.717, 1.165) is 25.9 Å². The molecule has 1 fully saturated rings. The van der Waals surface area contributed by atoms with Crippen molar-refractivity contribution in [3.05, 3.63) is 0 Å². The Hall–Kier alpha value is -0.610. The molecule has 0 saturated carbocycles. The van der Waals surface area contributed by atoms with Crippen LogP contribution in [0.2, 0.25) is 0 Å². The first-order valence-electron chi connectivity index (χ1n) is 5.04. The van der Waals surface area contributed by atoms with Gasteiger partial charge in [0, 0.05) is 5.54 Å². The quantitative estimate of drug-likeness (QED) is 0.720. The van der Waals surface area contributed by atoms with Crippen molar-refractivity contribution in [3.63, 3.8) is 0 Å². The zero-order valence-corrected chi connectivity index (χ0v) is 9.29. The van der Waals surface area contributed by atoms with Crippen LogP contribution in [-0.4, -0.2) is 60.6 Å². The van der Waals surface area contributed by atoms with Crippen molar-refractivity contribution in [2.45, 2.75) is 24.8 Å². The first-order valence-corrected chi connectivity index (χ1v) is 5.04. The lowest BCUT2D eigenvalue weighted by Crippen LogP contribution is -2.53. The third kappa shape index (κ3) is 2.45. The number of rotatable bonds is 3. The standard InChI is InChI=1S/C10H20N2O2/c1-11(2)10(8-9(13)14)4-6-12(3)7-5-10/h4-8H2,1-3H3,(H,13,14). The molecule has 0 radical (unpaired) electrons. The molecule has 0 unspecified atom stereocenters. The van der Waals surface area contributed by atoms with Gasteiger partial charge in [0.1, 0.15) is 0 Å². The average Bonchev–Trinajstić information content (AvgIpc) is 2.08. The number of piperidine rings is 1. The fourth-order valence-electron chi connectivity index (χ4n) is 2.10. The maximum absolute atomic E-state index is 10.8. The van der Waals surface area contributed by atoms with E-state index in [1.54, 1.807) is 0 Å². The van der Waals surface area contributed by atoms with Crippen LogP contribution in [0.5, 0.6) is 0 Å². The van der Waals surface area contributed by atoms with Crippen molar-refractivity contribution in [2.24, 2.45) is 0 Å². The average molecular weight is 200 g/mol. The molecule has 0 spiro atoms. The number of hydrogen-bond acceptors (Lipinski definition) is 3. The molecule has 4 nitrogen and oxygen atoms in total. The molecule has 1 N–H and O–H groups in total. The molecule has 0 amide bonds. The third-order valence-electron chi connectivity index (χ3n) is 3.35. The van der Waals surface area contributed by atoms with E-state index in [-0.39, 0.29) is 12.0 Å². The van der Waals surface area contributed by atoms with Gasteiger partial charge in [-0.15, -0.1) is 0 Å². The van der Waals surface area contributed by atoms with Crippen LogP contribution in [-0.2, 0) is 4.79 Å². The van der Waals surface area contributed by atoms with Crippen molar-refractivity contribution in [1.82, 2.24) is 9.80 Å². The second-order valence-corrected chi connectivity index (χ2v) is 4.49. The topological polar surface area (TPSA) is 43.8 Å². The molecule has 0 aromatic rings. The van der Waals surface area contributed by atoms with Crippen molar-refractivity contribution in [2.75, 3.05) is 34.2 Å². The van der Waals surface area contributed by atoms with Crippen LogP contribution in [0, 0.1) is 0 Å². The Balaban J connectivity index is 2.68. The smallest absolute Gasteiger partial charge is 0.305 e. The monoisotopic (exact) mass is 200 g/mol. The number of hydrogen-bond donors (Lipinski definition) is 1. The molecule has 82 valence electrons. The van der Waals surface area contributed by atoms with Gasteiger partial charge in [-0.1, -0.05) is 0 Å². The van der Waals surface area contributed by atoms with E-state index in [4.69, 9.17) is 5.11 Å². The Bertz CT molecular complexity index is 208. The van der Waals surface area contributed by atoms with E-state index in [2.05, 4.69) is 16.8 Å². The maximum Gasteiger partial charge on any atom is 0.305 e. The van der Waals surface area contributed by atoms with Gasteiger partial charge in [0.25, 0.3) is 0 Å². The van der Waals surface area contributed by atoms with E-state index < -0.39 is 5.97 Å². The zero-order chi connectivity index (χ0) is 10.8. The fourth-order valence-corrected chi connectivity index (χ4v) is 2.10. The Morgan fingerprint density at radius 1 is 1.43 bits per heavy atom. The van der Waals surface area contributed by atoms with E-state index in [9.17, 15) is 4.79 Å². The van der Waals surface area contributed by atoms with Crippen LogP contribution >= 0.6 is 0 Å². The van der Waals surface area contributed by atoms with Gasteiger partial charge in [-0.25, -0.2) is 0 Å². The Kier molecular flexibility index (Phi) is 3.50. The molecule has 0 aromatic heterocycles. The van der Waals surface area contributed by atoms with Crippen molar-refractivity contribution >= 4 is 5.97 Å². The lowest BCUT2D eigenvalue weighted by molar-refractivity contribution is -0.141. The van der Waals surface area contributed by atoms with E-state index in [1.165, 1.54) is 0 Å². The molecule has 0 atom stereocenters. The normalized spacial score (nSPS) is 22.6. The third-order valence-corrected chi connectivity index (χ3v) is 3.35. The number of carboxylic acids is 1. The predicted octanol–water partition coefficient (Wildman–Crippen LogP) is 0.487. The van der Waals surface area contributed by atoms with Gasteiger partial charge >= 0.3 is 5.97 Å². The van der Waals surface area contributed by atoms with Crippen LogP contribution in [0.15, 0.2) is 0 Å². The molecule has 14 heavy (non-hydrogen) atoms. The van der Waals surface area contributed by atoms with Crippen molar-refractivity contribution in [3.8, 4) is 0 Å². The van der Waals surface area contributed by atoms with E-state index in [1.807, 2.05) is 14.1 Å². The second kappa shape index (κ2) is 4.28. The summed E-state index contributed by atoms with van der Waals surface area (Å²) in [4.78, 5) is 15.1. The van der Waals surface area contributed by atoms with Crippen LogP contribution < -0.4 is 0 Å². The minimum atomic E-state index is -0.691. The summed E-state index contributed by atoms with van der Waals surface area (Å²) in [5, 5.41) is 8.91. The van der Waals surface area contributed by atoms with Crippen LogP contribution in [0.1, 0.15) is 19.3 Å². The molecule has 1 aliphatic rings. The number of carboxylic acid groups (broad SMARTS) is 1. The highest BCUT2D eigenvalue weighted by Crippen LogP contribution is 2.29. The summed E-state index contributed by atoms with van der Waals surface area (Å²) in [5.74, 6) is -0.691. The zero-order valence-electron chi connectivity index (χ0n) is 9.29. The van der Waals surface area contributed by atoms with Crippen molar-refractivity contribution in [1.29, 1.82) is 0 Å². The maximum atomic E-state index is 10.8. The number of carbonyl (C=O) groups is 1. The number of likely N-dealkylation sites (tertiary alicyclic amines) is 1. The minimum Gasteiger partial charge on any atom is -0.481 e. The van der Waals surface area contributed by atoms with E-state index in [0.29, 0.717) is 0 Å². The molecular weight excluding hydrogens is 180 g/mol. The van der Waals surface area contributed by atoms with Crippen LogP contribution in [0.3, 0.4) is 0 Å². The van der Waals surface area contributed by atoms with E-state index >= 15 is 0 Å². The lowest BCUT2D eigenvalue weighted by atomic mass is 9.83. The summed E-state index contributed by atoms with van der Waals surface area (Å²) in [6.07, 6.45) is 2.15. The summed E-state index contributed by atoms with van der Waals surface area (Å²) in [7, 11) is 6.04. The summed E-state index contributed by atoms with van der Waals surface area (Å²) < 4.78 is 0. The minimum absolute atomic E-state index is 0.127. The Labute approximate surface area is 85.5 Å². The molecule has 0 aliphatic carbocycles. The molecule has 0 bridgehead atoms. The van der Waals surface area contributed by atoms with Gasteiger partial charge in [-0.3, -0.25) is 4.79 Å². The predicted molar refractivity (Wildman–Crippen MR) is 55.4 cm³/mol. The molecule has 1 heterocycles. The van der Waals surface area contributed by atoms with Gasteiger partial charge in [-0.2, -0.15) is 0 Å². The SMILES string of the molecule is CN1CCC(CC(=O)O)(N(C)C)CC1. The molecule has 0 aromatic carbocycles. The van der Waals surface area contributed by atoms with Crippen LogP contribution in [0.25, 0.3) is 0 Å². The Morgan fingerprint density at radius 2 is 1.93 bits per heavy atom. The number of nitrogens with zero attached hydrogens (tertiary/aromatic N) is 2. The Morgan fingerprint density at radius 3 is 2.29 bits per heavy atom. The first kappa shape index (κ1) is 11.5. The van der Waals surface area contributed by atoms with Crippen LogP contribution in [0.4, 0.5) is 0 Å². The summed E-state index contributed by atoms with van der Waals surface area (Å²) in [6.45, 7) is 1.98. The number of aliphatic carboxylic acids is 1. The largest absolute Gasteiger partial charge is 0.481 e. The first-order chi connectivity index (χ1) is 6.46. The fraction of sp³-hybridized carbons (Fsp3) is 0.900. The second-order valence-electron chi connectivity index (χ2n) is 4.49. The van der Waals surface area contributed by atoms with Gasteiger partial charge in [0.2, 0.25) is 0 Å². The molecule has 1 saturated heterocycles. The van der Waals surface area contributed by atoms with Gasteiger partial charge in [0.15, 0.2) is 0 Å². The molecule has 1 rings (SSSR count). The molecule has 1 aliphatic heterocycles. The van der Waals surface area contributed by atoms with Gasteiger partial charge in [0.05, 0.1) is 6.42 Å². The summed E-state index contributed by atoms with van der Waals surface area (Å²) >= 11 is 0. The highest BCUT2D eigenvalue weighted by Gasteiger charge is 2.37. The molecule has 4 heteroatoms. The molecular formula is C10H20N2O2. The van der Waals surface area contributed by atoms with Gasteiger partial charge < -0.3 is 14.9 Å². The summed E-state index contributed by atoms with van der Waals surface area (Å²) in [5.41, 5.74) is -0.127.